The molecule has 7 nitrogen and oxygen atoms in total. The minimum absolute atomic E-state index is 0.0259. The molecule has 2 aliphatic heterocycles. The van der Waals surface area contributed by atoms with E-state index in [-0.39, 0.29) is 11.9 Å². The van der Waals surface area contributed by atoms with Crippen LogP contribution in [0.3, 0.4) is 0 Å². The summed E-state index contributed by atoms with van der Waals surface area (Å²) in [6, 6.07) is 6.33. The molecule has 0 radical (unpaired) electrons. The quantitative estimate of drug-likeness (QED) is 0.651. The average molecular weight is 411 g/mol. The molecule has 0 saturated carbocycles. The van der Waals surface area contributed by atoms with Crippen molar-refractivity contribution < 1.29 is 4.79 Å². The summed E-state index contributed by atoms with van der Waals surface area (Å²) in [5, 5.41) is 10.8. The number of fused-ring (bicyclic) bond motifs is 1. The van der Waals surface area contributed by atoms with Gasteiger partial charge < -0.3 is 20.9 Å². The minimum Gasteiger partial charge on any atom is -0.366 e. The summed E-state index contributed by atoms with van der Waals surface area (Å²) in [7, 11) is 1.69. The van der Waals surface area contributed by atoms with Crippen LogP contribution in [-0.4, -0.2) is 55.1 Å². The van der Waals surface area contributed by atoms with E-state index in [1.54, 1.807) is 7.05 Å². The Labute approximate surface area is 179 Å². The van der Waals surface area contributed by atoms with Crippen LogP contribution in [0, 0.1) is 18.3 Å². The second-order valence-corrected chi connectivity index (χ2v) is 9.52. The van der Waals surface area contributed by atoms with Gasteiger partial charge in [0.25, 0.3) is 0 Å². The molecule has 0 bridgehead atoms. The van der Waals surface area contributed by atoms with E-state index >= 15 is 0 Å². The number of nitrogens with zero attached hydrogens (tertiary/aromatic N) is 3. The molecule has 1 aromatic heterocycles. The fourth-order valence-corrected chi connectivity index (χ4v) is 4.63. The Morgan fingerprint density at radius 2 is 2.10 bits per heavy atom. The largest absolute Gasteiger partial charge is 0.366 e. The summed E-state index contributed by atoms with van der Waals surface area (Å²) >= 11 is 0. The van der Waals surface area contributed by atoms with Crippen LogP contribution >= 0.6 is 0 Å². The molecule has 30 heavy (non-hydrogen) atoms. The van der Waals surface area contributed by atoms with Crippen LogP contribution in [0.4, 0.5) is 11.8 Å². The zero-order valence-corrected chi connectivity index (χ0v) is 18.6. The van der Waals surface area contributed by atoms with Crippen molar-refractivity contribution in [2.45, 2.75) is 46.1 Å². The molecule has 1 amide bonds. The lowest BCUT2D eigenvalue weighted by molar-refractivity contribution is -0.120. The normalized spacial score (nSPS) is 18.6. The van der Waals surface area contributed by atoms with E-state index in [0.717, 1.165) is 55.3 Å². The third-order valence-electron chi connectivity index (χ3n) is 6.37. The highest BCUT2D eigenvalue weighted by Gasteiger charge is 2.43. The molecule has 2 aliphatic rings. The SMILES string of the molecule is CNC(=O)CC(CC(C)C)Nc1nc(N2CCC3(CNC3)C2)nc2cc(C)ccc12. The molecule has 2 aromatic rings. The van der Waals surface area contributed by atoms with Crippen LogP contribution in [0.5, 0.6) is 0 Å². The summed E-state index contributed by atoms with van der Waals surface area (Å²) in [5.41, 5.74) is 2.53. The van der Waals surface area contributed by atoms with Gasteiger partial charge in [-0.1, -0.05) is 19.9 Å². The molecule has 162 valence electrons. The molecule has 2 saturated heterocycles. The van der Waals surface area contributed by atoms with Gasteiger partial charge >= 0.3 is 0 Å². The Morgan fingerprint density at radius 1 is 1.30 bits per heavy atom. The van der Waals surface area contributed by atoms with Gasteiger partial charge in [-0.3, -0.25) is 4.79 Å². The van der Waals surface area contributed by atoms with Crippen molar-refractivity contribution in [1.82, 2.24) is 20.6 Å². The number of amides is 1. The second kappa shape index (κ2) is 8.38. The van der Waals surface area contributed by atoms with E-state index in [4.69, 9.17) is 9.97 Å². The molecule has 1 atom stereocenters. The zero-order chi connectivity index (χ0) is 21.3. The summed E-state index contributed by atoms with van der Waals surface area (Å²) in [6.07, 6.45) is 2.52. The number of rotatable bonds is 7. The molecule has 0 aliphatic carbocycles. The molecule has 2 fully saturated rings. The number of hydrogen-bond acceptors (Lipinski definition) is 6. The van der Waals surface area contributed by atoms with E-state index in [9.17, 15) is 4.79 Å². The number of anilines is 2. The second-order valence-electron chi connectivity index (χ2n) is 9.52. The average Bonchev–Trinajstić information content (AvgIpc) is 3.13. The number of aromatic nitrogens is 2. The lowest BCUT2D eigenvalue weighted by Crippen LogP contribution is -2.54. The highest BCUT2D eigenvalue weighted by atomic mass is 16.1. The summed E-state index contributed by atoms with van der Waals surface area (Å²) in [6.45, 7) is 10.6. The standard InChI is InChI=1S/C23H34N6O/c1-15(2)9-17(11-20(30)24-4)26-21-18-6-5-16(3)10-19(18)27-22(28-21)29-8-7-23(14-29)12-25-13-23/h5-6,10,15,17,25H,7-9,11-14H2,1-4H3,(H,24,30)(H,26,27,28). The van der Waals surface area contributed by atoms with Crippen LogP contribution in [0.1, 0.15) is 38.7 Å². The topological polar surface area (TPSA) is 82.2 Å². The Bertz CT molecular complexity index is 923. The molecule has 1 spiro atoms. The molecular formula is C23H34N6O. The Kier molecular flexibility index (Phi) is 5.82. The third kappa shape index (κ3) is 4.36. The van der Waals surface area contributed by atoms with E-state index < -0.39 is 0 Å². The first kappa shape index (κ1) is 20.8. The number of hydrogen-bond donors (Lipinski definition) is 3. The van der Waals surface area contributed by atoms with Gasteiger partial charge in [0.05, 0.1) is 5.52 Å². The van der Waals surface area contributed by atoms with Crippen molar-refractivity contribution in [3.05, 3.63) is 23.8 Å². The fourth-order valence-electron chi connectivity index (χ4n) is 4.63. The highest BCUT2D eigenvalue weighted by molar-refractivity contribution is 5.91. The van der Waals surface area contributed by atoms with Gasteiger partial charge in [0.1, 0.15) is 5.82 Å². The highest BCUT2D eigenvalue weighted by Crippen LogP contribution is 2.36. The third-order valence-corrected chi connectivity index (χ3v) is 6.37. The first-order valence-electron chi connectivity index (χ1n) is 11.1. The zero-order valence-electron chi connectivity index (χ0n) is 18.6. The Hall–Kier alpha value is -2.41. The van der Waals surface area contributed by atoms with Gasteiger partial charge in [0, 0.05) is 56.5 Å². The molecule has 3 N–H and O–H groups in total. The van der Waals surface area contributed by atoms with Crippen molar-refractivity contribution in [1.29, 1.82) is 0 Å². The van der Waals surface area contributed by atoms with E-state index in [1.165, 1.54) is 12.0 Å². The van der Waals surface area contributed by atoms with Crippen molar-refractivity contribution in [2.24, 2.45) is 11.3 Å². The molecule has 7 heteroatoms. The van der Waals surface area contributed by atoms with Gasteiger partial charge in [-0.25, -0.2) is 4.98 Å². The summed E-state index contributed by atoms with van der Waals surface area (Å²) < 4.78 is 0. The van der Waals surface area contributed by atoms with Gasteiger partial charge in [0.2, 0.25) is 11.9 Å². The molecular weight excluding hydrogens is 376 g/mol. The first-order chi connectivity index (χ1) is 14.4. The fraction of sp³-hybridized carbons (Fsp3) is 0.609. The van der Waals surface area contributed by atoms with Crippen molar-refractivity contribution in [3.63, 3.8) is 0 Å². The van der Waals surface area contributed by atoms with Crippen LogP contribution in [0.15, 0.2) is 18.2 Å². The molecule has 1 aromatic carbocycles. The van der Waals surface area contributed by atoms with Crippen molar-refractivity contribution in [3.8, 4) is 0 Å². The number of aryl methyl sites for hydroxylation is 1. The summed E-state index contributed by atoms with van der Waals surface area (Å²) in [5.74, 6) is 2.15. The lowest BCUT2D eigenvalue weighted by atomic mass is 9.81. The van der Waals surface area contributed by atoms with E-state index in [1.807, 2.05) is 0 Å². The first-order valence-corrected chi connectivity index (χ1v) is 11.1. The number of carbonyl (C=O) groups excluding carboxylic acids is 1. The maximum atomic E-state index is 12.1. The van der Waals surface area contributed by atoms with Crippen molar-refractivity contribution >= 4 is 28.6 Å². The maximum Gasteiger partial charge on any atom is 0.227 e. The Morgan fingerprint density at radius 3 is 2.73 bits per heavy atom. The molecule has 3 heterocycles. The van der Waals surface area contributed by atoms with Crippen LogP contribution in [0.2, 0.25) is 0 Å². The van der Waals surface area contributed by atoms with Gasteiger partial charge in [-0.2, -0.15) is 4.98 Å². The summed E-state index contributed by atoms with van der Waals surface area (Å²) in [4.78, 5) is 24.3. The van der Waals surface area contributed by atoms with Crippen LogP contribution < -0.4 is 20.9 Å². The monoisotopic (exact) mass is 410 g/mol. The predicted octanol–water partition coefficient (Wildman–Crippen LogP) is 2.70. The van der Waals surface area contributed by atoms with E-state index in [0.29, 0.717) is 17.8 Å². The van der Waals surface area contributed by atoms with Crippen molar-refractivity contribution in [2.75, 3.05) is 43.4 Å². The number of carbonyl (C=O) groups is 1. The predicted molar refractivity (Wildman–Crippen MR) is 122 cm³/mol. The van der Waals surface area contributed by atoms with Crippen LogP contribution in [0.25, 0.3) is 10.9 Å². The van der Waals surface area contributed by atoms with Crippen LogP contribution in [-0.2, 0) is 4.79 Å². The van der Waals surface area contributed by atoms with Gasteiger partial charge in [-0.15, -0.1) is 0 Å². The van der Waals surface area contributed by atoms with E-state index in [2.05, 4.69) is 59.8 Å². The minimum atomic E-state index is 0.0259. The van der Waals surface area contributed by atoms with Gasteiger partial charge in [-0.05, 0) is 43.4 Å². The number of benzene rings is 1. The van der Waals surface area contributed by atoms with Gasteiger partial charge in [0.15, 0.2) is 0 Å². The smallest absolute Gasteiger partial charge is 0.227 e. The lowest BCUT2D eigenvalue weighted by Gasteiger charge is -2.39. The molecule has 1 unspecified atom stereocenters. The number of nitrogens with one attached hydrogen (secondary N) is 3. The molecule has 4 rings (SSSR count). The maximum absolute atomic E-state index is 12.1. The Balaban J connectivity index is 1.67.